The van der Waals surface area contributed by atoms with Gasteiger partial charge < -0.3 is 5.32 Å². The van der Waals surface area contributed by atoms with E-state index in [4.69, 9.17) is 11.6 Å². The average Bonchev–Trinajstić information content (AvgIpc) is 2.76. The van der Waals surface area contributed by atoms with E-state index in [0.717, 1.165) is 5.56 Å². The number of benzene rings is 3. The second-order valence-electron chi connectivity index (χ2n) is 7.01. The number of hydrogen-bond acceptors (Lipinski definition) is 4. The van der Waals surface area contributed by atoms with Gasteiger partial charge in [-0.3, -0.25) is 9.52 Å². The number of carbonyl (C=O) groups excluding carboxylic acids is 1. The molecule has 0 heterocycles. The number of halogens is 2. The highest BCUT2D eigenvalue weighted by molar-refractivity contribution is 7.98. The normalized spacial score (nSPS) is 11.2. The zero-order valence-electron chi connectivity index (χ0n) is 17.3. The number of anilines is 1. The lowest BCUT2D eigenvalue weighted by atomic mass is 10.2. The number of aryl methyl sites for hydroxylation is 1. The fraction of sp³-hybridized carbons (Fsp3) is 0.174. The van der Waals surface area contributed by atoms with Crippen molar-refractivity contribution >= 4 is 45.0 Å². The van der Waals surface area contributed by atoms with Crippen molar-refractivity contribution in [2.45, 2.75) is 17.6 Å². The largest absolute Gasteiger partial charge is 0.351 e. The number of thioether (sulfide) groups is 1. The first-order chi connectivity index (χ1) is 15.3. The smallest absolute Gasteiger partial charge is 0.261 e. The standard InChI is InChI=1S/C23H22ClFN2O3S2/c1-16-6-9-19(10-7-16)32(29,30)27-18-8-11-21(24)20(14-18)23(28)26-12-13-31-15-17-4-2-3-5-22(17)25/h2-11,14,27H,12-13,15H2,1H3,(H,26,28). The van der Waals surface area contributed by atoms with E-state index in [-0.39, 0.29) is 27.0 Å². The van der Waals surface area contributed by atoms with Crippen LogP contribution in [0.2, 0.25) is 5.02 Å². The van der Waals surface area contributed by atoms with Crippen LogP contribution in [0.4, 0.5) is 10.1 Å². The molecular weight excluding hydrogens is 471 g/mol. The molecule has 0 unspecified atom stereocenters. The van der Waals surface area contributed by atoms with Crippen LogP contribution in [0.15, 0.2) is 71.6 Å². The molecule has 0 radical (unpaired) electrons. The summed E-state index contributed by atoms with van der Waals surface area (Å²) in [7, 11) is -3.80. The number of sulfonamides is 1. The molecule has 0 saturated carbocycles. The molecule has 9 heteroatoms. The molecule has 1 amide bonds. The number of amides is 1. The van der Waals surface area contributed by atoms with Gasteiger partial charge in [-0.15, -0.1) is 0 Å². The van der Waals surface area contributed by atoms with Crippen molar-refractivity contribution in [2.75, 3.05) is 17.0 Å². The van der Waals surface area contributed by atoms with Crippen LogP contribution in [0.25, 0.3) is 0 Å². The summed E-state index contributed by atoms with van der Waals surface area (Å²) >= 11 is 7.64. The van der Waals surface area contributed by atoms with Crippen molar-refractivity contribution < 1.29 is 17.6 Å². The summed E-state index contributed by atoms with van der Waals surface area (Å²) in [6.07, 6.45) is 0. The Morgan fingerprint density at radius 1 is 1.06 bits per heavy atom. The average molecular weight is 493 g/mol. The Balaban J connectivity index is 1.58. The SMILES string of the molecule is Cc1ccc(S(=O)(=O)Nc2ccc(Cl)c(C(=O)NCCSCc3ccccc3F)c2)cc1. The zero-order valence-corrected chi connectivity index (χ0v) is 19.7. The summed E-state index contributed by atoms with van der Waals surface area (Å²) in [6, 6.07) is 17.4. The molecule has 0 spiro atoms. The minimum atomic E-state index is -3.80. The maximum absolute atomic E-state index is 13.6. The fourth-order valence-corrected chi connectivity index (χ4v) is 4.92. The molecule has 168 valence electrons. The Morgan fingerprint density at radius 3 is 2.50 bits per heavy atom. The summed E-state index contributed by atoms with van der Waals surface area (Å²) in [5, 5.41) is 2.96. The van der Waals surface area contributed by atoms with E-state index in [2.05, 4.69) is 10.0 Å². The molecule has 0 aliphatic rings. The quantitative estimate of drug-likeness (QED) is 0.400. The predicted molar refractivity (Wildman–Crippen MR) is 128 cm³/mol. The Hall–Kier alpha value is -2.55. The molecule has 0 fully saturated rings. The zero-order chi connectivity index (χ0) is 23.1. The monoisotopic (exact) mass is 492 g/mol. The van der Waals surface area contributed by atoms with Gasteiger partial charge >= 0.3 is 0 Å². The second kappa shape index (κ2) is 10.8. The molecule has 5 nitrogen and oxygen atoms in total. The van der Waals surface area contributed by atoms with Gasteiger partial charge in [0.25, 0.3) is 15.9 Å². The lowest BCUT2D eigenvalue weighted by molar-refractivity contribution is 0.0956. The fourth-order valence-electron chi connectivity index (χ4n) is 2.82. The maximum Gasteiger partial charge on any atom is 0.261 e. The molecular formula is C23H22ClFN2O3S2. The van der Waals surface area contributed by atoms with Gasteiger partial charge in [-0.25, -0.2) is 12.8 Å². The van der Waals surface area contributed by atoms with E-state index in [1.54, 1.807) is 30.3 Å². The predicted octanol–water partition coefficient (Wildman–Crippen LogP) is 5.25. The third-order valence-corrected chi connectivity index (χ3v) is 7.28. The van der Waals surface area contributed by atoms with Gasteiger partial charge in [-0.05, 0) is 48.9 Å². The molecule has 2 N–H and O–H groups in total. The third-order valence-electron chi connectivity index (χ3n) is 4.54. The van der Waals surface area contributed by atoms with Crippen LogP contribution in [0.5, 0.6) is 0 Å². The van der Waals surface area contributed by atoms with Gasteiger partial charge in [0.15, 0.2) is 0 Å². The summed E-state index contributed by atoms with van der Waals surface area (Å²) in [5.41, 5.74) is 1.95. The van der Waals surface area contributed by atoms with Gasteiger partial charge in [0, 0.05) is 23.7 Å². The Kier molecular flexibility index (Phi) is 8.17. The summed E-state index contributed by atoms with van der Waals surface area (Å²) in [6.45, 7) is 2.22. The van der Waals surface area contributed by atoms with Crippen molar-refractivity contribution in [1.82, 2.24) is 5.32 Å². The Morgan fingerprint density at radius 2 is 1.78 bits per heavy atom. The minimum absolute atomic E-state index is 0.121. The van der Waals surface area contributed by atoms with Crippen LogP contribution in [-0.2, 0) is 15.8 Å². The number of nitrogens with one attached hydrogen (secondary N) is 2. The molecule has 0 bridgehead atoms. The lowest BCUT2D eigenvalue weighted by Crippen LogP contribution is -2.26. The van der Waals surface area contributed by atoms with Crippen LogP contribution in [0.1, 0.15) is 21.5 Å². The van der Waals surface area contributed by atoms with Crippen molar-refractivity contribution in [3.05, 3.63) is 94.3 Å². The molecule has 0 aromatic heterocycles. The molecule has 3 aromatic carbocycles. The molecule has 0 aliphatic heterocycles. The van der Waals surface area contributed by atoms with Crippen LogP contribution < -0.4 is 10.0 Å². The second-order valence-corrected chi connectivity index (χ2v) is 10.2. The highest BCUT2D eigenvalue weighted by Crippen LogP contribution is 2.23. The van der Waals surface area contributed by atoms with Crippen LogP contribution in [0, 0.1) is 12.7 Å². The number of rotatable bonds is 9. The van der Waals surface area contributed by atoms with Crippen LogP contribution in [-0.4, -0.2) is 26.6 Å². The summed E-state index contributed by atoms with van der Waals surface area (Å²) in [5.74, 6) is 0.412. The van der Waals surface area contributed by atoms with E-state index in [1.807, 2.05) is 6.92 Å². The van der Waals surface area contributed by atoms with Gasteiger partial charge in [0.1, 0.15) is 5.82 Å². The molecule has 0 aliphatic carbocycles. The van der Waals surface area contributed by atoms with Gasteiger partial charge in [0.05, 0.1) is 15.5 Å². The molecule has 3 rings (SSSR count). The highest BCUT2D eigenvalue weighted by Gasteiger charge is 2.16. The first kappa shape index (κ1) is 24.1. The van der Waals surface area contributed by atoms with Gasteiger partial charge in [-0.1, -0.05) is 47.5 Å². The van der Waals surface area contributed by atoms with Crippen molar-refractivity contribution in [1.29, 1.82) is 0 Å². The van der Waals surface area contributed by atoms with E-state index >= 15 is 0 Å². The Bertz CT molecular complexity index is 1200. The van der Waals surface area contributed by atoms with Gasteiger partial charge in [0.2, 0.25) is 0 Å². The molecule has 0 atom stereocenters. The van der Waals surface area contributed by atoms with E-state index < -0.39 is 15.9 Å². The minimum Gasteiger partial charge on any atom is -0.351 e. The van der Waals surface area contributed by atoms with Gasteiger partial charge in [-0.2, -0.15) is 11.8 Å². The van der Waals surface area contributed by atoms with Crippen molar-refractivity contribution in [3.63, 3.8) is 0 Å². The first-order valence-corrected chi connectivity index (χ1v) is 12.8. The van der Waals surface area contributed by atoms with Crippen LogP contribution in [0.3, 0.4) is 0 Å². The maximum atomic E-state index is 13.6. The summed E-state index contributed by atoms with van der Waals surface area (Å²) < 4.78 is 41.3. The Labute approximate surface area is 196 Å². The van der Waals surface area contributed by atoms with E-state index in [9.17, 15) is 17.6 Å². The van der Waals surface area contributed by atoms with Crippen molar-refractivity contribution in [2.24, 2.45) is 0 Å². The topological polar surface area (TPSA) is 75.3 Å². The van der Waals surface area contributed by atoms with Crippen LogP contribution >= 0.6 is 23.4 Å². The van der Waals surface area contributed by atoms with E-state index in [0.29, 0.717) is 23.6 Å². The lowest BCUT2D eigenvalue weighted by Gasteiger charge is -2.11. The molecule has 0 saturated heterocycles. The molecule has 32 heavy (non-hydrogen) atoms. The van der Waals surface area contributed by atoms with Crippen molar-refractivity contribution in [3.8, 4) is 0 Å². The first-order valence-electron chi connectivity index (χ1n) is 9.74. The highest BCUT2D eigenvalue weighted by atomic mass is 35.5. The number of hydrogen-bond donors (Lipinski definition) is 2. The molecule has 3 aromatic rings. The third kappa shape index (κ3) is 6.48. The number of carbonyl (C=O) groups is 1. The summed E-state index contributed by atoms with van der Waals surface area (Å²) in [4.78, 5) is 12.7. The van der Waals surface area contributed by atoms with E-state index in [1.165, 1.54) is 48.2 Å².